The molecule has 2 aromatic carbocycles. The third-order valence-corrected chi connectivity index (χ3v) is 10.6. The lowest BCUT2D eigenvalue weighted by molar-refractivity contribution is -0.129. The molecule has 2 aliphatic heterocycles. The number of carbonyl (C=O) groups is 1. The zero-order chi connectivity index (χ0) is 25.0. The highest BCUT2D eigenvalue weighted by molar-refractivity contribution is 14.1. The average Bonchev–Trinajstić information content (AvgIpc) is 3.10. The number of amides is 1. The summed E-state index contributed by atoms with van der Waals surface area (Å²) in [6.07, 6.45) is 1.84. The number of rotatable bonds is 5. The van der Waals surface area contributed by atoms with Gasteiger partial charge in [-0.15, -0.1) is 0 Å². The minimum Gasteiger partial charge on any atom is -0.370 e. The first-order valence-corrected chi connectivity index (χ1v) is 14.4. The van der Waals surface area contributed by atoms with Gasteiger partial charge in [0.15, 0.2) is 0 Å². The lowest BCUT2D eigenvalue weighted by Gasteiger charge is -2.36. The average molecular weight is 610 g/mol. The van der Waals surface area contributed by atoms with Crippen LogP contribution < -0.4 is 4.90 Å². The molecule has 2 aliphatic rings. The molecular formula is C25H28FIN4O3S. The molecule has 0 aromatic heterocycles. The number of carbonyl (C=O) groups excluding carboxylic acids is 1. The third-order valence-electron chi connectivity index (χ3n) is 6.64. The summed E-state index contributed by atoms with van der Waals surface area (Å²) in [4.78, 5) is 15.7. The molecule has 0 N–H and O–H groups in total. The molecule has 35 heavy (non-hydrogen) atoms. The number of halogens is 2. The number of nitrogens with zero attached hydrogens (tertiary/aromatic N) is 4. The molecule has 2 atom stereocenters. The summed E-state index contributed by atoms with van der Waals surface area (Å²) < 4.78 is 43.3. The molecule has 2 saturated heterocycles. The number of hydrogen-bond donors (Lipinski definition) is 0. The number of benzene rings is 2. The maximum Gasteiger partial charge on any atom is 0.236 e. The second kappa shape index (κ2) is 11.2. The minimum atomic E-state index is -3.65. The van der Waals surface area contributed by atoms with Crippen molar-refractivity contribution < 1.29 is 17.6 Å². The van der Waals surface area contributed by atoms with E-state index in [0.29, 0.717) is 50.3 Å². The molecule has 0 spiro atoms. The second-order valence-electron chi connectivity index (χ2n) is 8.83. The van der Waals surface area contributed by atoms with Crippen LogP contribution in [0.25, 0.3) is 0 Å². The Morgan fingerprint density at radius 3 is 2.57 bits per heavy atom. The molecule has 2 fully saturated rings. The Bertz CT molecular complexity index is 1200. The van der Waals surface area contributed by atoms with E-state index in [1.807, 2.05) is 47.4 Å². The largest absolute Gasteiger partial charge is 0.370 e. The van der Waals surface area contributed by atoms with Crippen molar-refractivity contribution in [3.63, 3.8) is 0 Å². The Labute approximate surface area is 219 Å². The van der Waals surface area contributed by atoms with Crippen LogP contribution in [0.3, 0.4) is 0 Å². The summed E-state index contributed by atoms with van der Waals surface area (Å²) in [6.45, 7) is 2.26. The summed E-state index contributed by atoms with van der Waals surface area (Å²) in [7, 11) is -3.65. The van der Waals surface area contributed by atoms with Crippen molar-refractivity contribution in [1.29, 1.82) is 5.26 Å². The Morgan fingerprint density at radius 2 is 1.86 bits per heavy atom. The fourth-order valence-corrected chi connectivity index (χ4v) is 8.25. The van der Waals surface area contributed by atoms with Crippen molar-refractivity contribution in [1.82, 2.24) is 9.21 Å². The Morgan fingerprint density at radius 1 is 1.09 bits per heavy atom. The van der Waals surface area contributed by atoms with E-state index in [1.165, 1.54) is 10.4 Å². The predicted octanol–water partition coefficient (Wildman–Crippen LogP) is 4.21. The molecule has 4 rings (SSSR count). The molecule has 2 heterocycles. The van der Waals surface area contributed by atoms with E-state index < -0.39 is 21.1 Å². The zero-order valence-electron chi connectivity index (χ0n) is 19.3. The number of sulfonamides is 1. The van der Waals surface area contributed by atoms with E-state index in [1.54, 1.807) is 11.0 Å². The van der Waals surface area contributed by atoms with Crippen LogP contribution in [0.5, 0.6) is 0 Å². The SMILES string of the molecule is N#CCC(=O)N1CCCN(c2ccc(CN3[C@@H](I)CCC(c4ccccc4)S3(=O)=O)c(F)c2)CC1. The van der Waals surface area contributed by atoms with Crippen molar-refractivity contribution in [3.8, 4) is 6.07 Å². The monoisotopic (exact) mass is 610 g/mol. The smallest absolute Gasteiger partial charge is 0.236 e. The van der Waals surface area contributed by atoms with Crippen molar-refractivity contribution in [2.24, 2.45) is 0 Å². The fraction of sp³-hybridized carbons (Fsp3) is 0.440. The molecule has 0 bridgehead atoms. The van der Waals surface area contributed by atoms with E-state index in [9.17, 15) is 13.2 Å². The molecule has 1 unspecified atom stereocenters. The molecule has 0 saturated carbocycles. The van der Waals surface area contributed by atoms with E-state index >= 15 is 4.39 Å². The van der Waals surface area contributed by atoms with Gasteiger partial charge in [0.05, 0.1) is 10.1 Å². The van der Waals surface area contributed by atoms with Crippen LogP contribution in [0.4, 0.5) is 10.1 Å². The summed E-state index contributed by atoms with van der Waals surface area (Å²) in [5, 5.41) is 8.15. The standard InChI is InChI=1S/C25H28FIN4O3S/c26-22-17-21(29-13-4-14-30(16-15-29)25(32)11-12-28)8-7-20(22)18-31-24(27)10-9-23(35(31,33)34)19-5-2-1-3-6-19/h1-3,5-8,17,23-24H,4,9-11,13-16,18H2/t23?,24-/m1/s1. The third kappa shape index (κ3) is 5.78. The molecular weight excluding hydrogens is 582 g/mol. The highest BCUT2D eigenvalue weighted by Gasteiger charge is 2.41. The molecule has 186 valence electrons. The van der Waals surface area contributed by atoms with Crippen molar-refractivity contribution >= 4 is 44.2 Å². The van der Waals surface area contributed by atoms with E-state index in [2.05, 4.69) is 22.6 Å². The number of alkyl halides is 1. The molecule has 1 amide bonds. The van der Waals surface area contributed by atoms with Crippen LogP contribution in [0.1, 0.15) is 42.1 Å². The number of anilines is 1. The van der Waals surface area contributed by atoms with E-state index in [4.69, 9.17) is 5.26 Å². The van der Waals surface area contributed by atoms with Gasteiger partial charge < -0.3 is 9.80 Å². The molecule has 10 heteroatoms. The van der Waals surface area contributed by atoms with Crippen molar-refractivity contribution in [3.05, 3.63) is 65.5 Å². The Hall–Kier alpha value is -2.23. The van der Waals surface area contributed by atoms with Crippen LogP contribution in [-0.4, -0.2) is 53.8 Å². The quantitative estimate of drug-likeness (QED) is 0.288. The van der Waals surface area contributed by atoms with Gasteiger partial charge in [-0.2, -0.15) is 9.57 Å². The topological polar surface area (TPSA) is 84.7 Å². The molecule has 7 nitrogen and oxygen atoms in total. The van der Waals surface area contributed by atoms with Gasteiger partial charge in [0, 0.05) is 44.0 Å². The van der Waals surface area contributed by atoms with Gasteiger partial charge in [-0.05, 0) is 37.0 Å². The maximum atomic E-state index is 15.2. The van der Waals surface area contributed by atoms with Gasteiger partial charge in [0.25, 0.3) is 0 Å². The molecule has 0 radical (unpaired) electrons. The van der Waals surface area contributed by atoms with Gasteiger partial charge >= 0.3 is 0 Å². The highest BCUT2D eigenvalue weighted by Crippen LogP contribution is 2.40. The number of nitriles is 1. The van der Waals surface area contributed by atoms with Gasteiger partial charge in [0.1, 0.15) is 17.5 Å². The summed E-state index contributed by atoms with van der Waals surface area (Å²) in [6, 6.07) is 16.0. The van der Waals surface area contributed by atoms with Crippen LogP contribution in [0.15, 0.2) is 48.5 Å². The Kier molecular flexibility index (Phi) is 8.29. The normalized spacial score (nSPS) is 22.9. The second-order valence-corrected chi connectivity index (χ2v) is 12.3. The Balaban J connectivity index is 1.49. The summed E-state index contributed by atoms with van der Waals surface area (Å²) >= 11 is 2.13. The van der Waals surface area contributed by atoms with Gasteiger partial charge in [-0.25, -0.2) is 12.8 Å². The van der Waals surface area contributed by atoms with Crippen LogP contribution in [-0.2, 0) is 21.4 Å². The van der Waals surface area contributed by atoms with Crippen LogP contribution >= 0.6 is 22.6 Å². The first-order valence-electron chi connectivity index (χ1n) is 11.7. The number of hydrogen-bond acceptors (Lipinski definition) is 5. The minimum absolute atomic E-state index is 0.0121. The van der Waals surface area contributed by atoms with Crippen molar-refractivity contribution in [2.45, 2.75) is 41.5 Å². The lowest BCUT2D eigenvalue weighted by Crippen LogP contribution is -2.43. The lowest BCUT2D eigenvalue weighted by atomic mass is 10.1. The van der Waals surface area contributed by atoms with Crippen LogP contribution in [0.2, 0.25) is 0 Å². The fourth-order valence-electron chi connectivity index (χ4n) is 4.73. The van der Waals surface area contributed by atoms with Gasteiger partial charge in [-0.3, -0.25) is 4.79 Å². The first kappa shape index (κ1) is 25.9. The summed E-state index contributed by atoms with van der Waals surface area (Å²) in [5.41, 5.74) is 1.81. The highest BCUT2D eigenvalue weighted by atomic mass is 127. The molecule has 0 aliphatic carbocycles. The van der Waals surface area contributed by atoms with E-state index in [0.717, 1.165) is 12.0 Å². The van der Waals surface area contributed by atoms with Crippen LogP contribution in [0, 0.1) is 17.1 Å². The predicted molar refractivity (Wildman–Crippen MR) is 141 cm³/mol. The molecule has 2 aromatic rings. The zero-order valence-corrected chi connectivity index (χ0v) is 22.3. The van der Waals surface area contributed by atoms with E-state index in [-0.39, 0.29) is 22.9 Å². The maximum absolute atomic E-state index is 15.2. The van der Waals surface area contributed by atoms with Gasteiger partial charge in [0.2, 0.25) is 15.9 Å². The first-order chi connectivity index (χ1) is 16.8. The summed E-state index contributed by atoms with van der Waals surface area (Å²) in [5.74, 6) is -0.620. The van der Waals surface area contributed by atoms with Crippen molar-refractivity contribution in [2.75, 3.05) is 31.1 Å². The van der Waals surface area contributed by atoms with Gasteiger partial charge in [-0.1, -0.05) is 59.0 Å².